The van der Waals surface area contributed by atoms with Crippen molar-refractivity contribution in [3.05, 3.63) is 23.7 Å². The van der Waals surface area contributed by atoms with Crippen molar-refractivity contribution >= 4 is 11.9 Å². The van der Waals surface area contributed by atoms with Gasteiger partial charge in [-0.15, -0.1) is 0 Å². The Kier molecular flexibility index (Phi) is 2.68. The molecule has 1 aliphatic carbocycles. The van der Waals surface area contributed by atoms with Crippen molar-refractivity contribution < 1.29 is 19.1 Å². The zero-order valence-electron chi connectivity index (χ0n) is 8.90. The van der Waals surface area contributed by atoms with Crippen LogP contribution in [0.4, 0.5) is 0 Å². The van der Waals surface area contributed by atoms with E-state index < -0.39 is 5.97 Å². The van der Waals surface area contributed by atoms with E-state index in [-0.39, 0.29) is 23.3 Å². The molecule has 0 aromatic carbocycles. The van der Waals surface area contributed by atoms with Crippen molar-refractivity contribution in [2.75, 3.05) is 0 Å². The molecule has 1 aromatic heterocycles. The summed E-state index contributed by atoms with van der Waals surface area (Å²) in [5.41, 5.74) is -0.00649. The summed E-state index contributed by atoms with van der Waals surface area (Å²) in [6.07, 6.45) is 3.11. The average Bonchev–Trinajstić information content (AvgIpc) is 2.80. The zero-order valence-corrected chi connectivity index (χ0v) is 8.90. The molecular weight excluding hydrogens is 210 g/mol. The molecule has 2 unspecified atom stereocenters. The summed E-state index contributed by atoms with van der Waals surface area (Å²) in [5.74, 6) is -0.828. The molecule has 0 aliphatic heterocycles. The number of hydrogen-bond donors (Lipinski definition) is 2. The average molecular weight is 223 g/mol. The van der Waals surface area contributed by atoms with Crippen molar-refractivity contribution in [3.8, 4) is 0 Å². The third kappa shape index (κ3) is 2.08. The maximum Gasteiger partial charge on any atom is 0.338 e. The summed E-state index contributed by atoms with van der Waals surface area (Å²) >= 11 is 0. The maximum absolute atomic E-state index is 11.6. The molecule has 5 nitrogen and oxygen atoms in total. The fraction of sp³-hybridized carbons (Fsp3) is 0.455. The number of aromatic carboxylic acids is 1. The van der Waals surface area contributed by atoms with E-state index in [0.29, 0.717) is 5.92 Å². The van der Waals surface area contributed by atoms with Crippen LogP contribution in [0.25, 0.3) is 0 Å². The van der Waals surface area contributed by atoms with Crippen LogP contribution in [0.1, 0.15) is 40.7 Å². The van der Waals surface area contributed by atoms with Crippen LogP contribution in [0.5, 0.6) is 0 Å². The summed E-state index contributed by atoms with van der Waals surface area (Å²) in [4.78, 5) is 22.2. The Morgan fingerprint density at radius 1 is 1.62 bits per heavy atom. The number of furan rings is 1. The number of carbonyl (C=O) groups is 2. The summed E-state index contributed by atoms with van der Waals surface area (Å²) in [6, 6.07) is 1.46. The SMILES string of the molecule is CCC1CC1NC(=O)c1cc(C(=O)O)co1. The van der Waals surface area contributed by atoms with Gasteiger partial charge < -0.3 is 14.8 Å². The van der Waals surface area contributed by atoms with Crippen molar-refractivity contribution in [2.24, 2.45) is 5.92 Å². The molecule has 86 valence electrons. The highest BCUT2D eigenvalue weighted by Gasteiger charge is 2.37. The van der Waals surface area contributed by atoms with E-state index in [0.717, 1.165) is 19.1 Å². The van der Waals surface area contributed by atoms with Gasteiger partial charge in [-0.25, -0.2) is 4.79 Å². The minimum Gasteiger partial charge on any atom is -0.478 e. The minimum atomic E-state index is -1.10. The van der Waals surface area contributed by atoms with Gasteiger partial charge in [0.1, 0.15) is 6.26 Å². The lowest BCUT2D eigenvalue weighted by Gasteiger charge is -2.00. The lowest BCUT2D eigenvalue weighted by molar-refractivity contribution is 0.0696. The van der Waals surface area contributed by atoms with Gasteiger partial charge in [-0.3, -0.25) is 4.79 Å². The van der Waals surface area contributed by atoms with Gasteiger partial charge in [0, 0.05) is 12.1 Å². The largest absolute Gasteiger partial charge is 0.478 e. The number of amides is 1. The maximum atomic E-state index is 11.6. The molecule has 16 heavy (non-hydrogen) atoms. The van der Waals surface area contributed by atoms with Crippen LogP contribution in [0, 0.1) is 5.92 Å². The van der Waals surface area contributed by atoms with Gasteiger partial charge >= 0.3 is 5.97 Å². The molecule has 1 aliphatic rings. The molecule has 0 spiro atoms. The van der Waals surface area contributed by atoms with E-state index in [1.807, 2.05) is 0 Å². The highest BCUT2D eigenvalue weighted by atomic mass is 16.4. The molecule has 2 atom stereocenters. The summed E-state index contributed by atoms with van der Waals surface area (Å²) in [5, 5.41) is 11.5. The first-order valence-electron chi connectivity index (χ1n) is 5.24. The molecular formula is C11H13NO4. The van der Waals surface area contributed by atoms with E-state index in [9.17, 15) is 9.59 Å². The van der Waals surface area contributed by atoms with Crippen LogP contribution >= 0.6 is 0 Å². The predicted octanol–water partition coefficient (Wildman–Crippen LogP) is 1.51. The molecule has 5 heteroatoms. The van der Waals surface area contributed by atoms with Crippen LogP contribution in [-0.4, -0.2) is 23.0 Å². The Bertz CT molecular complexity index is 423. The quantitative estimate of drug-likeness (QED) is 0.810. The first-order valence-corrected chi connectivity index (χ1v) is 5.24. The number of nitrogens with one attached hydrogen (secondary N) is 1. The second-order valence-electron chi connectivity index (χ2n) is 3.99. The number of hydrogen-bond acceptors (Lipinski definition) is 3. The number of carboxylic acid groups (broad SMARTS) is 1. The highest BCUT2D eigenvalue weighted by Crippen LogP contribution is 2.33. The normalized spacial score (nSPS) is 22.8. The van der Waals surface area contributed by atoms with Crippen LogP contribution < -0.4 is 5.32 Å². The van der Waals surface area contributed by atoms with E-state index in [1.54, 1.807) is 0 Å². The van der Waals surface area contributed by atoms with Crippen LogP contribution in [0.3, 0.4) is 0 Å². The summed E-state index contributed by atoms with van der Waals surface area (Å²) < 4.78 is 4.89. The third-order valence-corrected chi connectivity index (χ3v) is 2.83. The third-order valence-electron chi connectivity index (χ3n) is 2.83. The van der Waals surface area contributed by atoms with Gasteiger partial charge in [0.2, 0.25) is 0 Å². The smallest absolute Gasteiger partial charge is 0.338 e. The van der Waals surface area contributed by atoms with Gasteiger partial charge in [0.15, 0.2) is 5.76 Å². The fourth-order valence-electron chi connectivity index (χ4n) is 1.68. The van der Waals surface area contributed by atoms with Gasteiger partial charge in [-0.1, -0.05) is 13.3 Å². The van der Waals surface area contributed by atoms with E-state index >= 15 is 0 Å². The Morgan fingerprint density at radius 2 is 2.38 bits per heavy atom. The lowest BCUT2D eigenvalue weighted by Crippen LogP contribution is -2.26. The molecule has 0 bridgehead atoms. The van der Waals surface area contributed by atoms with E-state index in [4.69, 9.17) is 9.52 Å². The number of carboxylic acids is 1. The van der Waals surface area contributed by atoms with E-state index in [1.165, 1.54) is 6.07 Å². The van der Waals surface area contributed by atoms with Crippen molar-refractivity contribution in [3.63, 3.8) is 0 Å². The molecule has 1 heterocycles. The van der Waals surface area contributed by atoms with Crippen LogP contribution in [0.2, 0.25) is 0 Å². The Balaban J connectivity index is 1.96. The first-order chi connectivity index (χ1) is 7.61. The highest BCUT2D eigenvalue weighted by molar-refractivity contribution is 5.95. The molecule has 2 N–H and O–H groups in total. The van der Waals surface area contributed by atoms with Gasteiger partial charge in [-0.05, 0) is 12.3 Å². The first kappa shape index (κ1) is 10.7. The molecule has 1 fully saturated rings. The molecule has 2 rings (SSSR count). The standard InChI is InChI=1S/C11H13NO4/c1-2-6-3-8(6)12-10(13)9-4-7(5-16-9)11(14)15/h4-6,8H,2-3H2,1H3,(H,12,13)(H,14,15). The van der Waals surface area contributed by atoms with Crippen molar-refractivity contribution in [1.82, 2.24) is 5.32 Å². The second-order valence-corrected chi connectivity index (χ2v) is 3.99. The Labute approximate surface area is 92.4 Å². The topological polar surface area (TPSA) is 79.5 Å². The summed E-state index contributed by atoms with van der Waals surface area (Å²) in [7, 11) is 0. The molecule has 1 saturated carbocycles. The number of rotatable bonds is 4. The molecule has 1 amide bonds. The Morgan fingerprint density at radius 3 is 2.88 bits per heavy atom. The molecule has 0 saturated heterocycles. The van der Waals surface area contributed by atoms with Crippen molar-refractivity contribution in [1.29, 1.82) is 0 Å². The number of carbonyl (C=O) groups excluding carboxylic acids is 1. The van der Waals surface area contributed by atoms with Gasteiger partial charge in [-0.2, -0.15) is 0 Å². The minimum absolute atomic E-state index is 0.00649. The molecule has 0 radical (unpaired) electrons. The zero-order chi connectivity index (χ0) is 11.7. The lowest BCUT2D eigenvalue weighted by atomic mass is 10.3. The van der Waals surface area contributed by atoms with E-state index in [2.05, 4.69) is 12.2 Å². The molecule has 1 aromatic rings. The van der Waals surface area contributed by atoms with Crippen LogP contribution in [-0.2, 0) is 0 Å². The monoisotopic (exact) mass is 223 g/mol. The second kappa shape index (κ2) is 4.00. The Hall–Kier alpha value is -1.78. The van der Waals surface area contributed by atoms with Crippen molar-refractivity contribution in [2.45, 2.75) is 25.8 Å². The van der Waals surface area contributed by atoms with Gasteiger partial charge in [0.05, 0.1) is 5.56 Å². The summed E-state index contributed by atoms with van der Waals surface area (Å²) in [6.45, 7) is 2.08. The predicted molar refractivity (Wildman–Crippen MR) is 55.3 cm³/mol. The van der Waals surface area contributed by atoms with Gasteiger partial charge in [0.25, 0.3) is 5.91 Å². The van der Waals surface area contributed by atoms with Crippen LogP contribution in [0.15, 0.2) is 16.7 Å². The fourth-order valence-corrected chi connectivity index (χ4v) is 1.68.